The molecule has 0 heterocycles. The number of carbonyl (C=O) groups is 1. The molecule has 0 aliphatic rings. The highest BCUT2D eigenvalue weighted by Gasteiger charge is 2.14. The molecule has 0 amide bonds. The molecular formula is C3H5O5S-. The molecule has 9 heavy (non-hydrogen) atoms. The Morgan fingerprint density at radius 3 is 2.00 bits per heavy atom. The van der Waals surface area contributed by atoms with Gasteiger partial charge in [0.2, 0.25) is 0 Å². The zero-order valence-electron chi connectivity index (χ0n) is 4.57. The van der Waals surface area contributed by atoms with E-state index in [0.717, 1.165) is 6.92 Å². The van der Waals surface area contributed by atoms with Crippen LogP contribution in [-0.4, -0.2) is 24.2 Å². The Morgan fingerprint density at radius 1 is 1.67 bits per heavy atom. The second-order valence-electron chi connectivity index (χ2n) is 1.46. The third-order valence-corrected chi connectivity index (χ3v) is 1.48. The van der Waals surface area contributed by atoms with E-state index in [1.807, 2.05) is 0 Å². The molecule has 0 saturated carbocycles. The van der Waals surface area contributed by atoms with Crippen LogP contribution >= 0.6 is 0 Å². The van der Waals surface area contributed by atoms with Crippen LogP contribution in [0.5, 0.6) is 0 Å². The van der Waals surface area contributed by atoms with Crippen LogP contribution in [0.1, 0.15) is 6.92 Å². The van der Waals surface area contributed by atoms with Crippen molar-refractivity contribution in [2.45, 2.75) is 12.4 Å². The predicted molar refractivity (Wildman–Crippen MR) is 26.0 cm³/mol. The van der Waals surface area contributed by atoms with Gasteiger partial charge in [0.25, 0.3) is 10.1 Å². The van der Waals surface area contributed by atoms with Crippen molar-refractivity contribution < 1.29 is 22.9 Å². The van der Waals surface area contributed by atoms with Crippen molar-refractivity contribution in [3.05, 3.63) is 0 Å². The zero-order valence-corrected chi connectivity index (χ0v) is 5.38. The van der Waals surface area contributed by atoms with Gasteiger partial charge >= 0.3 is 0 Å². The standard InChI is InChI=1S/C3H5O5S/c1-2(4)3(5)9(6,7)8/h3H,1H3,(H,6,7,8)/q-1. The van der Waals surface area contributed by atoms with Crippen molar-refractivity contribution in [2.24, 2.45) is 0 Å². The Hall–Kier alpha value is -0.460. The molecule has 0 aliphatic carbocycles. The largest absolute Gasteiger partial charge is 0.833 e. The van der Waals surface area contributed by atoms with E-state index in [0.29, 0.717) is 0 Å². The molecule has 0 bridgehead atoms. The molecule has 54 valence electrons. The van der Waals surface area contributed by atoms with Crippen LogP contribution < -0.4 is 5.11 Å². The highest BCUT2D eigenvalue weighted by atomic mass is 32.2. The lowest BCUT2D eigenvalue weighted by Gasteiger charge is -2.12. The summed E-state index contributed by atoms with van der Waals surface area (Å²) in [6.07, 6.45) is 0. The molecule has 0 rings (SSSR count). The Bertz CT molecular complexity index is 202. The molecular weight excluding hydrogens is 148 g/mol. The minimum atomic E-state index is -4.71. The molecule has 0 saturated heterocycles. The molecule has 0 fully saturated rings. The van der Waals surface area contributed by atoms with Gasteiger partial charge in [-0.3, -0.25) is 4.55 Å². The first-order chi connectivity index (χ1) is 3.85. The number of Topliss-reactive ketones (excluding diaryl/α,β-unsaturated/α-hetero) is 1. The molecule has 0 aromatic carbocycles. The van der Waals surface area contributed by atoms with Crippen LogP contribution in [0, 0.1) is 0 Å². The van der Waals surface area contributed by atoms with Crippen molar-refractivity contribution in [2.75, 3.05) is 0 Å². The Labute approximate surface area is 52.1 Å². The van der Waals surface area contributed by atoms with Gasteiger partial charge in [0.15, 0.2) is 0 Å². The van der Waals surface area contributed by atoms with Crippen LogP contribution in [0.4, 0.5) is 0 Å². The first-order valence-corrected chi connectivity index (χ1v) is 3.48. The molecule has 1 unspecified atom stereocenters. The molecule has 0 radical (unpaired) electrons. The highest BCUT2D eigenvalue weighted by molar-refractivity contribution is 7.87. The highest BCUT2D eigenvalue weighted by Crippen LogP contribution is 1.89. The quantitative estimate of drug-likeness (QED) is 0.470. The summed E-state index contributed by atoms with van der Waals surface area (Å²) in [7, 11) is -4.71. The fourth-order valence-electron chi connectivity index (χ4n) is 0.210. The molecule has 0 aliphatic heterocycles. The van der Waals surface area contributed by atoms with Gasteiger partial charge in [0.05, 0.1) is 5.44 Å². The van der Waals surface area contributed by atoms with Crippen molar-refractivity contribution in [1.29, 1.82) is 0 Å². The minimum absolute atomic E-state index is 0.797. The number of hydrogen-bond donors (Lipinski definition) is 1. The van der Waals surface area contributed by atoms with E-state index >= 15 is 0 Å². The van der Waals surface area contributed by atoms with Crippen LogP contribution in [-0.2, 0) is 14.9 Å². The maximum absolute atomic E-state index is 10.1. The maximum atomic E-state index is 10.1. The fourth-order valence-corrected chi connectivity index (χ4v) is 0.629. The van der Waals surface area contributed by atoms with Crippen molar-refractivity contribution >= 4 is 15.9 Å². The van der Waals surface area contributed by atoms with Crippen molar-refractivity contribution in [3.63, 3.8) is 0 Å². The van der Waals surface area contributed by atoms with Crippen LogP contribution in [0.25, 0.3) is 0 Å². The Balaban J connectivity index is 4.43. The smallest absolute Gasteiger partial charge is 0.259 e. The summed E-state index contributed by atoms with van der Waals surface area (Å²) in [6, 6.07) is 0. The number of hydrogen-bond acceptors (Lipinski definition) is 4. The summed E-state index contributed by atoms with van der Waals surface area (Å²) < 4.78 is 27.5. The first kappa shape index (κ1) is 8.54. The van der Waals surface area contributed by atoms with E-state index < -0.39 is 21.3 Å². The van der Waals surface area contributed by atoms with E-state index in [1.165, 1.54) is 0 Å². The predicted octanol–water partition coefficient (Wildman–Crippen LogP) is -1.85. The molecule has 0 aromatic heterocycles. The van der Waals surface area contributed by atoms with E-state index in [9.17, 15) is 18.3 Å². The lowest BCUT2D eigenvalue weighted by Crippen LogP contribution is -2.40. The minimum Gasteiger partial charge on any atom is -0.833 e. The van der Waals surface area contributed by atoms with E-state index in [1.54, 1.807) is 0 Å². The van der Waals surface area contributed by atoms with Gasteiger partial charge in [-0.1, -0.05) is 0 Å². The SMILES string of the molecule is CC(=O)C([O-])S(=O)(=O)O. The number of ketones is 1. The fraction of sp³-hybridized carbons (Fsp3) is 0.667. The van der Waals surface area contributed by atoms with Crippen LogP contribution in [0.3, 0.4) is 0 Å². The van der Waals surface area contributed by atoms with Gasteiger partial charge in [0, 0.05) is 0 Å². The second kappa shape index (κ2) is 2.42. The van der Waals surface area contributed by atoms with Gasteiger partial charge in [-0.25, -0.2) is 8.42 Å². The van der Waals surface area contributed by atoms with Gasteiger partial charge in [-0.05, 0) is 6.92 Å². The van der Waals surface area contributed by atoms with Crippen LogP contribution in [0.15, 0.2) is 0 Å². The van der Waals surface area contributed by atoms with E-state index in [4.69, 9.17) is 4.55 Å². The summed E-state index contributed by atoms with van der Waals surface area (Å²) in [5, 5.41) is 10.1. The summed E-state index contributed by atoms with van der Waals surface area (Å²) in [6.45, 7) is 0.797. The van der Waals surface area contributed by atoms with Gasteiger partial charge in [-0.2, -0.15) is 0 Å². The average molecular weight is 153 g/mol. The molecule has 1 atom stereocenters. The maximum Gasteiger partial charge on any atom is 0.259 e. The van der Waals surface area contributed by atoms with Crippen LogP contribution in [0.2, 0.25) is 0 Å². The summed E-state index contributed by atoms with van der Waals surface area (Å²) in [5.41, 5.74) is -2.54. The summed E-state index contributed by atoms with van der Waals surface area (Å²) in [4.78, 5) is 9.94. The second-order valence-corrected chi connectivity index (χ2v) is 2.92. The molecule has 5 nitrogen and oxygen atoms in total. The van der Waals surface area contributed by atoms with Gasteiger partial charge in [0.1, 0.15) is 5.78 Å². The summed E-state index contributed by atoms with van der Waals surface area (Å²) >= 11 is 0. The zero-order chi connectivity index (χ0) is 7.65. The van der Waals surface area contributed by atoms with Crippen molar-refractivity contribution in [1.82, 2.24) is 0 Å². The third-order valence-electron chi connectivity index (χ3n) is 0.602. The average Bonchev–Trinajstić information content (AvgIpc) is 1.62. The summed E-state index contributed by atoms with van der Waals surface area (Å²) in [5.74, 6) is -1.11. The lowest BCUT2D eigenvalue weighted by molar-refractivity contribution is -0.375. The van der Waals surface area contributed by atoms with E-state index in [2.05, 4.69) is 0 Å². The van der Waals surface area contributed by atoms with Crippen molar-refractivity contribution in [3.8, 4) is 0 Å². The lowest BCUT2D eigenvalue weighted by atomic mass is 10.5. The molecule has 6 heteroatoms. The topological polar surface area (TPSA) is 94.5 Å². The molecule has 0 spiro atoms. The van der Waals surface area contributed by atoms with E-state index in [-0.39, 0.29) is 0 Å². The number of rotatable bonds is 2. The molecule has 1 N–H and O–H groups in total. The third kappa shape index (κ3) is 2.54. The Kier molecular flexibility index (Phi) is 2.30. The first-order valence-electron chi connectivity index (χ1n) is 1.98. The van der Waals surface area contributed by atoms with Gasteiger partial charge in [-0.15, -0.1) is 0 Å². The monoisotopic (exact) mass is 153 g/mol. The molecule has 0 aromatic rings. The number of carbonyl (C=O) groups excluding carboxylic acids is 1. The normalized spacial score (nSPS) is 15.0. The Morgan fingerprint density at radius 2 is 2.00 bits per heavy atom. The van der Waals surface area contributed by atoms with Gasteiger partial charge < -0.3 is 9.90 Å².